The van der Waals surface area contributed by atoms with Crippen molar-refractivity contribution in [3.05, 3.63) is 40.9 Å². The van der Waals surface area contributed by atoms with Crippen LogP contribution < -0.4 is 0 Å². The standard InChI is InChI=1S/C19H24N2O3S2/c1-15-7-8-17(25-15)26(23,24)20-12-9-19(10-13-20)11-14-21(18(19)22)16-5-3-2-4-6-16/h2-3,6-8H,4-5,9-14H2,1H3. The van der Waals surface area contributed by atoms with E-state index < -0.39 is 10.0 Å². The first-order chi connectivity index (χ1) is 12.4. The monoisotopic (exact) mass is 392 g/mol. The number of sulfonamides is 1. The molecule has 26 heavy (non-hydrogen) atoms. The normalized spacial score (nSPS) is 23.7. The molecule has 2 fully saturated rings. The van der Waals surface area contributed by atoms with E-state index in [-0.39, 0.29) is 11.3 Å². The molecule has 4 rings (SSSR count). The summed E-state index contributed by atoms with van der Waals surface area (Å²) in [5.41, 5.74) is 0.734. The van der Waals surface area contributed by atoms with Crippen LogP contribution in [-0.2, 0) is 14.8 Å². The lowest BCUT2D eigenvalue weighted by Gasteiger charge is -2.37. The second-order valence-corrected chi connectivity index (χ2v) is 10.8. The summed E-state index contributed by atoms with van der Waals surface area (Å²) in [5, 5.41) is 0. The Labute approximate surface area is 159 Å². The number of piperidine rings is 1. The van der Waals surface area contributed by atoms with Crippen LogP contribution in [0.1, 0.15) is 37.0 Å². The van der Waals surface area contributed by atoms with Crippen LogP contribution in [0.5, 0.6) is 0 Å². The fraction of sp³-hybridized carbons (Fsp3) is 0.526. The van der Waals surface area contributed by atoms with Gasteiger partial charge in [-0.2, -0.15) is 4.31 Å². The number of likely N-dealkylation sites (tertiary alicyclic amines) is 1. The first kappa shape index (κ1) is 17.9. The molecule has 1 aromatic heterocycles. The number of thiophene rings is 1. The summed E-state index contributed by atoms with van der Waals surface area (Å²) < 4.78 is 27.6. The molecule has 1 amide bonds. The minimum atomic E-state index is -3.43. The molecule has 140 valence electrons. The highest BCUT2D eigenvalue weighted by atomic mass is 32.2. The van der Waals surface area contributed by atoms with Gasteiger partial charge in [-0.15, -0.1) is 11.3 Å². The maximum Gasteiger partial charge on any atom is 0.252 e. The number of hydrogen-bond donors (Lipinski definition) is 0. The van der Waals surface area contributed by atoms with Crippen molar-refractivity contribution in [1.82, 2.24) is 9.21 Å². The zero-order valence-electron chi connectivity index (χ0n) is 15.0. The number of amides is 1. The van der Waals surface area contributed by atoms with Gasteiger partial charge in [-0.1, -0.05) is 18.2 Å². The molecule has 0 unspecified atom stereocenters. The van der Waals surface area contributed by atoms with Crippen LogP contribution in [0.25, 0.3) is 0 Å². The topological polar surface area (TPSA) is 57.7 Å². The summed E-state index contributed by atoms with van der Waals surface area (Å²) >= 11 is 1.31. The average Bonchev–Trinajstić information content (AvgIpc) is 3.22. The lowest BCUT2D eigenvalue weighted by molar-refractivity contribution is -0.136. The van der Waals surface area contributed by atoms with Gasteiger partial charge in [0.1, 0.15) is 4.21 Å². The van der Waals surface area contributed by atoms with E-state index in [2.05, 4.69) is 18.2 Å². The fourth-order valence-corrected chi connectivity index (χ4v) is 7.08. The molecule has 1 aromatic rings. The molecule has 3 heterocycles. The highest BCUT2D eigenvalue weighted by Crippen LogP contribution is 2.44. The van der Waals surface area contributed by atoms with E-state index in [1.165, 1.54) is 11.3 Å². The molecule has 0 saturated carbocycles. The van der Waals surface area contributed by atoms with Crippen molar-refractivity contribution >= 4 is 27.3 Å². The van der Waals surface area contributed by atoms with Crippen LogP contribution in [0.2, 0.25) is 0 Å². The van der Waals surface area contributed by atoms with Gasteiger partial charge < -0.3 is 4.90 Å². The van der Waals surface area contributed by atoms with Gasteiger partial charge in [-0.3, -0.25) is 4.79 Å². The third kappa shape index (κ3) is 2.96. The van der Waals surface area contributed by atoms with Crippen molar-refractivity contribution in [1.29, 1.82) is 0 Å². The van der Waals surface area contributed by atoms with Gasteiger partial charge in [0.15, 0.2) is 0 Å². The van der Waals surface area contributed by atoms with Gasteiger partial charge in [0.25, 0.3) is 10.0 Å². The van der Waals surface area contributed by atoms with Crippen LogP contribution in [0.3, 0.4) is 0 Å². The van der Waals surface area contributed by atoms with Crippen molar-refractivity contribution < 1.29 is 13.2 Å². The molecule has 1 aliphatic carbocycles. The number of rotatable bonds is 3. The number of hydrogen-bond acceptors (Lipinski definition) is 4. The second kappa shape index (κ2) is 6.62. The molecule has 3 aliphatic rings. The SMILES string of the molecule is Cc1ccc(S(=O)(=O)N2CCC3(CCN(C4=CCC=CC4)C3=O)CC2)s1. The van der Waals surface area contributed by atoms with Gasteiger partial charge >= 0.3 is 0 Å². The number of aryl methyl sites for hydroxylation is 1. The first-order valence-corrected chi connectivity index (χ1v) is 11.4. The van der Waals surface area contributed by atoms with Gasteiger partial charge in [0.05, 0.1) is 5.41 Å². The summed E-state index contributed by atoms with van der Waals surface area (Å²) in [6.45, 7) is 3.53. The Morgan fingerprint density at radius 3 is 2.42 bits per heavy atom. The molecule has 0 atom stereocenters. The number of allylic oxidation sites excluding steroid dienone is 3. The highest BCUT2D eigenvalue weighted by molar-refractivity contribution is 7.91. The third-order valence-electron chi connectivity index (χ3n) is 5.83. The molecule has 5 nitrogen and oxygen atoms in total. The van der Waals surface area contributed by atoms with Gasteiger partial charge in [-0.05, 0) is 44.7 Å². The smallest absolute Gasteiger partial charge is 0.252 e. The molecule has 2 aliphatic heterocycles. The minimum absolute atomic E-state index is 0.197. The lowest BCUT2D eigenvalue weighted by Crippen LogP contribution is -2.46. The zero-order valence-corrected chi connectivity index (χ0v) is 16.6. The highest BCUT2D eigenvalue weighted by Gasteiger charge is 2.50. The summed E-state index contributed by atoms with van der Waals surface area (Å²) in [6.07, 6.45) is 10.2. The van der Waals surface area contributed by atoms with Crippen molar-refractivity contribution in [3.63, 3.8) is 0 Å². The molecule has 0 N–H and O–H groups in total. The van der Waals surface area contributed by atoms with Gasteiger partial charge in [0, 0.05) is 36.6 Å². The third-order valence-corrected chi connectivity index (χ3v) is 9.20. The molecule has 0 aromatic carbocycles. The molecular formula is C19H24N2O3S2. The summed E-state index contributed by atoms with van der Waals surface area (Å²) in [4.78, 5) is 16.0. The zero-order chi connectivity index (χ0) is 18.4. The van der Waals surface area contributed by atoms with Gasteiger partial charge in [-0.25, -0.2) is 8.42 Å². The van der Waals surface area contributed by atoms with Crippen LogP contribution >= 0.6 is 11.3 Å². The maximum atomic E-state index is 13.1. The van der Waals surface area contributed by atoms with Crippen molar-refractivity contribution in [2.45, 2.75) is 43.2 Å². The Balaban J connectivity index is 1.46. The largest absolute Gasteiger partial charge is 0.316 e. The predicted molar refractivity (Wildman–Crippen MR) is 102 cm³/mol. The molecule has 0 bridgehead atoms. The molecule has 7 heteroatoms. The maximum absolute atomic E-state index is 13.1. The molecule has 0 radical (unpaired) electrons. The molecule has 1 spiro atoms. The molecule has 2 saturated heterocycles. The van der Waals surface area contributed by atoms with Crippen LogP contribution in [-0.4, -0.2) is 43.2 Å². The minimum Gasteiger partial charge on any atom is -0.316 e. The van der Waals surface area contributed by atoms with E-state index >= 15 is 0 Å². The van der Waals surface area contributed by atoms with Crippen molar-refractivity contribution in [2.75, 3.05) is 19.6 Å². The van der Waals surface area contributed by atoms with E-state index in [1.807, 2.05) is 17.9 Å². The van der Waals surface area contributed by atoms with Gasteiger partial charge in [0.2, 0.25) is 5.91 Å². The van der Waals surface area contributed by atoms with E-state index in [0.29, 0.717) is 30.1 Å². The number of carbonyl (C=O) groups is 1. The van der Waals surface area contributed by atoms with Crippen LogP contribution in [0, 0.1) is 12.3 Å². The predicted octanol–water partition coefficient (Wildman–Crippen LogP) is 3.29. The fourth-order valence-electron chi connectivity index (χ4n) is 4.20. The number of nitrogens with zero attached hydrogens (tertiary/aromatic N) is 2. The van der Waals surface area contributed by atoms with E-state index in [0.717, 1.165) is 36.4 Å². The van der Waals surface area contributed by atoms with Crippen LogP contribution in [0.4, 0.5) is 0 Å². The van der Waals surface area contributed by atoms with E-state index in [9.17, 15) is 13.2 Å². The quantitative estimate of drug-likeness (QED) is 0.742. The Kier molecular flexibility index (Phi) is 4.57. The Morgan fingerprint density at radius 2 is 1.81 bits per heavy atom. The summed E-state index contributed by atoms with van der Waals surface area (Å²) in [6, 6.07) is 3.53. The Morgan fingerprint density at radius 1 is 1.08 bits per heavy atom. The summed E-state index contributed by atoms with van der Waals surface area (Å²) in [5.74, 6) is 0.197. The number of carbonyl (C=O) groups excluding carboxylic acids is 1. The molecular weight excluding hydrogens is 368 g/mol. The van der Waals surface area contributed by atoms with E-state index in [1.54, 1.807) is 10.4 Å². The Bertz CT molecular complexity index is 874. The van der Waals surface area contributed by atoms with Crippen molar-refractivity contribution in [2.24, 2.45) is 5.41 Å². The second-order valence-electron chi connectivity index (χ2n) is 7.36. The average molecular weight is 393 g/mol. The first-order valence-electron chi connectivity index (χ1n) is 9.15. The summed E-state index contributed by atoms with van der Waals surface area (Å²) in [7, 11) is -3.43. The lowest BCUT2D eigenvalue weighted by atomic mass is 9.77. The Hall–Kier alpha value is -1.44. The van der Waals surface area contributed by atoms with Crippen LogP contribution in [0.15, 0.2) is 40.3 Å². The van der Waals surface area contributed by atoms with E-state index in [4.69, 9.17) is 0 Å². The van der Waals surface area contributed by atoms with Crippen molar-refractivity contribution in [3.8, 4) is 0 Å².